The van der Waals surface area contributed by atoms with Gasteiger partial charge in [-0.1, -0.05) is 37.6 Å². The Morgan fingerprint density at radius 1 is 1.36 bits per heavy atom. The van der Waals surface area contributed by atoms with Gasteiger partial charge in [0, 0.05) is 0 Å². The normalized spacial score (nSPS) is 12.5. The number of hydrogen-bond donors (Lipinski definition) is 1. The second-order valence-electron chi connectivity index (χ2n) is 3.58. The van der Waals surface area contributed by atoms with Crippen molar-refractivity contribution in [2.24, 2.45) is 5.73 Å². The third-order valence-electron chi connectivity index (χ3n) is 2.32. The van der Waals surface area contributed by atoms with Crippen molar-refractivity contribution in [3.8, 4) is 0 Å². The van der Waals surface area contributed by atoms with Crippen molar-refractivity contribution in [3.63, 3.8) is 0 Å². The molecule has 0 saturated carbocycles. The predicted octanol–water partition coefficient (Wildman–Crippen LogP) is 2.23. The molecule has 0 amide bonds. The van der Waals surface area contributed by atoms with E-state index in [1.807, 2.05) is 24.3 Å². The van der Waals surface area contributed by atoms with Gasteiger partial charge in [0.2, 0.25) is 0 Å². The summed E-state index contributed by atoms with van der Waals surface area (Å²) in [6, 6.07) is 7.50. The number of rotatable bonds is 4. The SMILES string of the molecule is CCCc1ccc(C(N)C(C)=O)cc1. The van der Waals surface area contributed by atoms with Gasteiger partial charge in [-0.3, -0.25) is 4.79 Å². The molecule has 0 radical (unpaired) electrons. The Balaban J connectivity index is 2.77. The molecule has 1 rings (SSSR count). The summed E-state index contributed by atoms with van der Waals surface area (Å²) in [5, 5.41) is 0. The molecule has 0 aliphatic carbocycles. The molecule has 0 heterocycles. The van der Waals surface area contributed by atoms with Crippen LogP contribution in [0.3, 0.4) is 0 Å². The summed E-state index contributed by atoms with van der Waals surface area (Å²) in [5.41, 5.74) is 7.91. The molecule has 0 fully saturated rings. The average Bonchev–Trinajstić information content (AvgIpc) is 2.18. The number of hydrogen-bond acceptors (Lipinski definition) is 2. The van der Waals surface area contributed by atoms with Crippen molar-refractivity contribution in [2.75, 3.05) is 0 Å². The highest BCUT2D eigenvalue weighted by Crippen LogP contribution is 2.13. The van der Waals surface area contributed by atoms with Crippen LogP contribution in [-0.4, -0.2) is 5.78 Å². The van der Waals surface area contributed by atoms with Crippen molar-refractivity contribution in [3.05, 3.63) is 35.4 Å². The van der Waals surface area contributed by atoms with Gasteiger partial charge in [-0.2, -0.15) is 0 Å². The van der Waals surface area contributed by atoms with E-state index < -0.39 is 6.04 Å². The quantitative estimate of drug-likeness (QED) is 0.793. The van der Waals surface area contributed by atoms with Gasteiger partial charge >= 0.3 is 0 Å². The van der Waals surface area contributed by atoms with E-state index in [2.05, 4.69) is 6.92 Å². The summed E-state index contributed by atoms with van der Waals surface area (Å²) >= 11 is 0. The van der Waals surface area contributed by atoms with Gasteiger partial charge in [0.1, 0.15) is 0 Å². The highest BCUT2D eigenvalue weighted by Gasteiger charge is 2.09. The summed E-state index contributed by atoms with van der Waals surface area (Å²) in [4.78, 5) is 11.0. The third-order valence-corrected chi connectivity index (χ3v) is 2.32. The maximum absolute atomic E-state index is 11.0. The van der Waals surface area contributed by atoms with E-state index in [9.17, 15) is 4.79 Å². The van der Waals surface area contributed by atoms with Gasteiger partial charge in [-0.25, -0.2) is 0 Å². The number of nitrogens with two attached hydrogens (primary N) is 1. The van der Waals surface area contributed by atoms with Gasteiger partial charge in [-0.05, 0) is 24.5 Å². The van der Waals surface area contributed by atoms with Crippen LogP contribution in [0.4, 0.5) is 0 Å². The second kappa shape index (κ2) is 4.91. The monoisotopic (exact) mass is 191 g/mol. The minimum Gasteiger partial charge on any atom is -0.318 e. The number of carbonyl (C=O) groups is 1. The van der Waals surface area contributed by atoms with Crippen LogP contribution < -0.4 is 5.73 Å². The van der Waals surface area contributed by atoms with Crippen molar-refractivity contribution in [1.82, 2.24) is 0 Å². The zero-order valence-corrected chi connectivity index (χ0v) is 8.79. The van der Waals surface area contributed by atoms with Crippen LogP contribution >= 0.6 is 0 Å². The molecule has 0 aliphatic heterocycles. The number of benzene rings is 1. The molecule has 14 heavy (non-hydrogen) atoms. The van der Waals surface area contributed by atoms with Crippen LogP contribution in [0.15, 0.2) is 24.3 Å². The van der Waals surface area contributed by atoms with Crippen molar-refractivity contribution in [1.29, 1.82) is 0 Å². The lowest BCUT2D eigenvalue weighted by Crippen LogP contribution is -2.18. The fraction of sp³-hybridized carbons (Fsp3) is 0.417. The number of Topliss-reactive ketones (excluding diaryl/α,β-unsaturated/α-hetero) is 1. The molecule has 1 aromatic rings. The first kappa shape index (κ1) is 10.9. The zero-order valence-electron chi connectivity index (χ0n) is 8.79. The number of ketones is 1. The molecule has 2 nitrogen and oxygen atoms in total. The maximum Gasteiger partial charge on any atom is 0.150 e. The second-order valence-corrected chi connectivity index (χ2v) is 3.58. The molecule has 0 aromatic heterocycles. The van der Waals surface area contributed by atoms with Crippen molar-refractivity contribution >= 4 is 5.78 Å². The Hall–Kier alpha value is -1.15. The van der Waals surface area contributed by atoms with Crippen LogP contribution in [0.5, 0.6) is 0 Å². The Kier molecular flexibility index (Phi) is 3.84. The van der Waals surface area contributed by atoms with E-state index in [1.54, 1.807) is 0 Å². The molecular weight excluding hydrogens is 174 g/mol. The van der Waals surface area contributed by atoms with Gasteiger partial charge in [0.05, 0.1) is 6.04 Å². The van der Waals surface area contributed by atoms with E-state index >= 15 is 0 Å². The summed E-state index contributed by atoms with van der Waals surface area (Å²) in [6.45, 7) is 3.67. The van der Waals surface area contributed by atoms with Gasteiger partial charge in [0.25, 0.3) is 0 Å². The molecular formula is C12H17NO. The van der Waals surface area contributed by atoms with Crippen molar-refractivity contribution in [2.45, 2.75) is 32.7 Å². The maximum atomic E-state index is 11.0. The molecule has 0 aliphatic rings. The molecule has 0 bridgehead atoms. The molecule has 1 aromatic carbocycles. The highest BCUT2D eigenvalue weighted by molar-refractivity contribution is 5.82. The molecule has 2 N–H and O–H groups in total. The zero-order chi connectivity index (χ0) is 10.6. The van der Waals surface area contributed by atoms with Gasteiger partial charge in [0.15, 0.2) is 5.78 Å². The van der Waals surface area contributed by atoms with E-state index in [1.165, 1.54) is 12.5 Å². The van der Waals surface area contributed by atoms with Crippen LogP contribution in [0.25, 0.3) is 0 Å². The summed E-state index contributed by atoms with van der Waals surface area (Å²) < 4.78 is 0. The van der Waals surface area contributed by atoms with E-state index in [0.29, 0.717) is 0 Å². The topological polar surface area (TPSA) is 43.1 Å². The average molecular weight is 191 g/mol. The van der Waals surface area contributed by atoms with Gasteiger partial charge in [-0.15, -0.1) is 0 Å². The largest absolute Gasteiger partial charge is 0.318 e. The van der Waals surface area contributed by atoms with E-state index in [0.717, 1.165) is 18.4 Å². The fourth-order valence-electron chi connectivity index (χ4n) is 1.42. The smallest absolute Gasteiger partial charge is 0.150 e. The lowest BCUT2D eigenvalue weighted by Gasteiger charge is -2.08. The summed E-state index contributed by atoms with van der Waals surface area (Å²) in [5.74, 6) is 0.00763. The fourth-order valence-corrected chi connectivity index (χ4v) is 1.42. The third kappa shape index (κ3) is 2.67. The first-order chi connectivity index (χ1) is 6.65. The molecule has 1 atom stereocenters. The molecule has 0 saturated heterocycles. The standard InChI is InChI=1S/C12H17NO/c1-3-4-10-5-7-11(8-6-10)12(13)9(2)14/h5-8,12H,3-4,13H2,1-2H3. The summed E-state index contributed by atoms with van der Waals surface area (Å²) in [7, 11) is 0. The first-order valence-corrected chi connectivity index (χ1v) is 5.00. The molecule has 0 spiro atoms. The highest BCUT2D eigenvalue weighted by atomic mass is 16.1. The lowest BCUT2D eigenvalue weighted by atomic mass is 10.0. The lowest BCUT2D eigenvalue weighted by molar-refractivity contribution is -0.118. The van der Waals surface area contributed by atoms with E-state index in [4.69, 9.17) is 5.73 Å². The number of aryl methyl sites for hydroxylation is 1. The van der Waals surface area contributed by atoms with Crippen molar-refractivity contribution < 1.29 is 4.79 Å². The van der Waals surface area contributed by atoms with E-state index in [-0.39, 0.29) is 5.78 Å². The van der Waals surface area contributed by atoms with Crippen LogP contribution in [0.1, 0.15) is 37.4 Å². The molecule has 1 unspecified atom stereocenters. The Bertz CT molecular complexity index is 303. The minimum atomic E-state index is -0.467. The van der Waals surface area contributed by atoms with Crippen LogP contribution in [-0.2, 0) is 11.2 Å². The molecule has 2 heteroatoms. The Morgan fingerprint density at radius 2 is 1.93 bits per heavy atom. The minimum absolute atomic E-state index is 0.00763. The van der Waals surface area contributed by atoms with Crippen LogP contribution in [0.2, 0.25) is 0 Å². The van der Waals surface area contributed by atoms with Crippen LogP contribution in [0, 0.1) is 0 Å². The molecule has 76 valence electrons. The first-order valence-electron chi connectivity index (χ1n) is 5.00. The van der Waals surface area contributed by atoms with Gasteiger partial charge < -0.3 is 5.73 Å². The Labute approximate surface area is 85.1 Å². The predicted molar refractivity (Wildman–Crippen MR) is 58.0 cm³/mol. The Morgan fingerprint density at radius 3 is 2.36 bits per heavy atom. The number of carbonyl (C=O) groups excluding carboxylic acids is 1. The summed E-state index contributed by atoms with van der Waals surface area (Å²) in [6.07, 6.45) is 2.22.